The molecule has 1 aliphatic heterocycles. The summed E-state index contributed by atoms with van der Waals surface area (Å²) in [6.07, 6.45) is 2.52. The van der Waals surface area contributed by atoms with Crippen LogP contribution in [0, 0.1) is 6.92 Å². The second kappa shape index (κ2) is 6.56. The second-order valence-corrected chi connectivity index (χ2v) is 6.83. The highest BCUT2D eigenvalue weighted by molar-refractivity contribution is 7.87. The van der Waals surface area contributed by atoms with Crippen LogP contribution in [0.2, 0.25) is 0 Å². The smallest absolute Gasteiger partial charge is 0.279 e. The molecule has 6 heteroatoms. The van der Waals surface area contributed by atoms with E-state index < -0.39 is 10.2 Å². The molecule has 0 saturated carbocycles. The first-order valence-electron chi connectivity index (χ1n) is 6.91. The average molecular weight is 298 g/mol. The van der Waals surface area contributed by atoms with Crippen molar-refractivity contribution < 1.29 is 13.2 Å². The minimum absolute atomic E-state index is 0.388. The largest absolute Gasteiger partial charge is 0.496 e. The summed E-state index contributed by atoms with van der Waals surface area (Å²) in [5.41, 5.74) is 2.17. The van der Waals surface area contributed by atoms with Crippen molar-refractivity contribution in [1.82, 2.24) is 9.03 Å². The normalized spacial score (nSPS) is 16.5. The molecule has 0 aromatic heterocycles. The summed E-state index contributed by atoms with van der Waals surface area (Å²) in [4.78, 5) is 0. The number of methoxy groups -OCH3 is 1. The predicted octanol–water partition coefficient (Wildman–Crippen LogP) is 1.48. The van der Waals surface area contributed by atoms with Gasteiger partial charge in [-0.1, -0.05) is 17.7 Å². The molecular weight excluding hydrogens is 276 g/mol. The van der Waals surface area contributed by atoms with E-state index in [9.17, 15) is 8.42 Å². The van der Waals surface area contributed by atoms with Crippen LogP contribution in [0.25, 0.3) is 0 Å². The lowest BCUT2D eigenvalue weighted by Gasteiger charge is -2.16. The molecule has 1 saturated heterocycles. The molecule has 1 aromatic rings. The Labute approximate surface area is 121 Å². The van der Waals surface area contributed by atoms with E-state index in [-0.39, 0.29) is 0 Å². The van der Waals surface area contributed by atoms with E-state index in [1.54, 1.807) is 7.11 Å². The first-order chi connectivity index (χ1) is 9.53. The van der Waals surface area contributed by atoms with Crippen LogP contribution < -0.4 is 9.46 Å². The Hall–Kier alpha value is -1.11. The molecule has 5 nitrogen and oxygen atoms in total. The second-order valence-electron chi connectivity index (χ2n) is 5.07. The number of hydrogen-bond donors (Lipinski definition) is 1. The van der Waals surface area contributed by atoms with Crippen LogP contribution in [-0.4, -0.2) is 39.5 Å². The van der Waals surface area contributed by atoms with E-state index in [0.717, 1.165) is 29.7 Å². The Morgan fingerprint density at radius 3 is 2.65 bits per heavy atom. The third kappa shape index (κ3) is 3.71. The van der Waals surface area contributed by atoms with Crippen molar-refractivity contribution >= 4 is 10.2 Å². The summed E-state index contributed by atoms with van der Waals surface area (Å²) in [6, 6.07) is 5.93. The highest BCUT2D eigenvalue weighted by Crippen LogP contribution is 2.20. The van der Waals surface area contributed by atoms with Gasteiger partial charge >= 0.3 is 0 Å². The van der Waals surface area contributed by atoms with Gasteiger partial charge in [0, 0.05) is 19.6 Å². The summed E-state index contributed by atoms with van der Waals surface area (Å²) in [7, 11) is -1.69. The molecule has 1 N–H and O–H groups in total. The maximum Gasteiger partial charge on any atom is 0.279 e. The van der Waals surface area contributed by atoms with Crippen molar-refractivity contribution in [2.45, 2.75) is 26.2 Å². The maximum absolute atomic E-state index is 12.0. The molecule has 0 atom stereocenters. The Kier molecular flexibility index (Phi) is 5.01. The van der Waals surface area contributed by atoms with Crippen molar-refractivity contribution in [2.24, 2.45) is 0 Å². The molecule has 20 heavy (non-hydrogen) atoms. The van der Waals surface area contributed by atoms with Gasteiger partial charge in [-0.15, -0.1) is 0 Å². The molecule has 0 aliphatic carbocycles. The number of rotatable bonds is 6. The van der Waals surface area contributed by atoms with Gasteiger partial charge in [0.05, 0.1) is 7.11 Å². The highest BCUT2D eigenvalue weighted by Gasteiger charge is 2.24. The van der Waals surface area contributed by atoms with Crippen LogP contribution in [0.5, 0.6) is 5.75 Å². The molecule has 0 unspecified atom stereocenters. The van der Waals surface area contributed by atoms with Gasteiger partial charge in [0.15, 0.2) is 0 Å². The van der Waals surface area contributed by atoms with Gasteiger partial charge in [0.2, 0.25) is 0 Å². The number of hydrogen-bond acceptors (Lipinski definition) is 3. The Bertz CT molecular complexity index is 552. The standard InChI is InChI=1S/C14H22N2O3S/c1-12-5-6-14(19-2)13(11-12)7-8-15-20(17,18)16-9-3-4-10-16/h5-6,11,15H,3-4,7-10H2,1-2H3. The summed E-state index contributed by atoms with van der Waals surface area (Å²) in [5, 5.41) is 0. The summed E-state index contributed by atoms with van der Waals surface area (Å²) in [6.45, 7) is 3.65. The van der Waals surface area contributed by atoms with Crippen LogP contribution in [0.1, 0.15) is 24.0 Å². The van der Waals surface area contributed by atoms with Crippen molar-refractivity contribution in [2.75, 3.05) is 26.7 Å². The van der Waals surface area contributed by atoms with Gasteiger partial charge in [0.1, 0.15) is 5.75 Å². The molecule has 0 amide bonds. The lowest BCUT2D eigenvalue weighted by Crippen LogP contribution is -2.39. The van der Waals surface area contributed by atoms with E-state index in [1.807, 2.05) is 25.1 Å². The van der Waals surface area contributed by atoms with Gasteiger partial charge in [0.25, 0.3) is 10.2 Å². The highest BCUT2D eigenvalue weighted by atomic mass is 32.2. The summed E-state index contributed by atoms with van der Waals surface area (Å²) in [5.74, 6) is 0.802. The molecule has 112 valence electrons. The topological polar surface area (TPSA) is 58.6 Å². The van der Waals surface area contributed by atoms with Crippen molar-refractivity contribution in [3.05, 3.63) is 29.3 Å². The van der Waals surface area contributed by atoms with E-state index >= 15 is 0 Å². The first-order valence-corrected chi connectivity index (χ1v) is 8.35. The van der Waals surface area contributed by atoms with Gasteiger partial charge in [-0.05, 0) is 37.8 Å². The molecule has 1 aliphatic rings. The Morgan fingerprint density at radius 2 is 2.00 bits per heavy atom. The molecule has 0 radical (unpaired) electrons. The third-order valence-electron chi connectivity index (χ3n) is 3.52. The van der Waals surface area contributed by atoms with E-state index in [4.69, 9.17) is 4.74 Å². The zero-order chi connectivity index (χ0) is 14.6. The Balaban J connectivity index is 1.94. The molecule has 0 bridgehead atoms. The lowest BCUT2D eigenvalue weighted by atomic mass is 10.1. The minimum atomic E-state index is -3.32. The van der Waals surface area contributed by atoms with E-state index in [2.05, 4.69) is 4.72 Å². The van der Waals surface area contributed by atoms with Gasteiger partial charge in [-0.2, -0.15) is 12.7 Å². The number of aryl methyl sites for hydroxylation is 1. The SMILES string of the molecule is COc1ccc(C)cc1CCNS(=O)(=O)N1CCCC1. The maximum atomic E-state index is 12.0. The third-order valence-corrected chi connectivity index (χ3v) is 5.13. The fourth-order valence-corrected chi connectivity index (χ4v) is 3.72. The van der Waals surface area contributed by atoms with Crippen LogP contribution in [0.4, 0.5) is 0 Å². The van der Waals surface area contributed by atoms with E-state index in [1.165, 1.54) is 4.31 Å². The molecule has 1 aromatic carbocycles. The van der Waals surface area contributed by atoms with Crippen molar-refractivity contribution in [1.29, 1.82) is 0 Å². The number of benzene rings is 1. The van der Waals surface area contributed by atoms with Crippen molar-refractivity contribution in [3.63, 3.8) is 0 Å². The number of nitrogens with one attached hydrogen (secondary N) is 1. The molecule has 2 rings (SSSR count). The molecular formula is C14H22N2O3S. The van der Waals surface area contributed by atoms with Gasteiger partial charge in [-0.3, -0.25) is 0 Å². The minimum Gasteiger partial charge on any atom is -0.496 e. The Morgan fingerprint density at radius 1 is 1.30 bits per heavy atom. The van der Waals surface area contributed by atoms with Gasteiger partial charge < -0.3 is 4.74 Å². The van der Waals surface area contributed by atoms with E-state index in [0.29, 0.717) is 26.1 Å². The lowest BCUT2D eigenvalue weighted by molar-refractivity contribution is 0.409. The van der Waals surface area contributed by atoms with Crippen LogP contribution in [-0.2, 0) is 16.6 Å². The predicted molar refractivity (Wildman–Crippen MR) is 79.2 cm³/mol. The number of nitrogens with zero attached hydrogens (tertiary/aromatic N) is 1. The zero-order valence-corrected chi connectivity index (χ0v) is 12.9. The summed E-state index contributed by atoms with van der Waals surface area (Å²) < 4.78 is 33.5. The van der Waals surface area contributed by atoms with Crippen LogP contribution >= 0.6 is 0 Å². The van der Waals surface area contributed by atoms with Crippen LogP contribution in [0.3, 0.4) is 0 Å². The van der Waals surface area contributed by atoms with Crippen LogP contribution in [0.15, 0.2) is 18.2 Å². The first kappa shape index (κ1) is 15.3. The monoisotopic (exact) mass is 298 g/mol. The molecule has 1 fully saturated rings. The fraction of sp³-hybridized carbons (Fsp3) is 0.571. The van der Waals surface area contributed by atoms with Crippen molar-refractivity contribution in [3.8, 4) is 5.75 Å². The average Bonchev–Trinajstić information content (AvgIpc) is 2.93. The quantitative estimate of drug-likeness (QED) is 0.865. The molecule has 1 heterocycles. The molecule has 0 spiro atoms. The zero-order valence-electron chi connectivity index (χ0n) is 12.1. The van der Waals surface area contributed by atoms with Gasteiger partial charge in [-0.25, -0.2) is 4.72 Å². The summed E-state index contributed by atoms with van der Waals surface area (Å²) >= 11 is 0. The fourth-order valence-electron chi connectivity index (χ4n) is 2.44. The number of ether oxygens (including phenoxy) is 1.